The van der Waals surface area contributed by atoms with E-state index in [1.807, 2.05) is 18.7 Å². The molecule has 0 heterocycles. The zero-order valence-electron chi connectivity index (χ0n) is 7.24. The second-order valence-electron chi connectivity index (χ2n) is 2.92. The minimum Gasteiger partial charge on any atom is -0.305 e. The fraction of sp³-hybridized carbons (Fsp3) is 0.778. The van der Waals surface area contributed by atoms with Crippen LogP contribution in [0, 0.1) is 11.8 Å². The van der Waals surface area contributed by atoms with Gasteiger partial charge in [0.05, 0.1) is 6.54 Å². The van der Waals surface area contributed by atoms with Gasteiger partial charge in [0.1, 0.15) is 0 Å². The Morgan fingerprint density at radius 3 is 2.73 bits per heavy atom. The third-order valence-corrected chi connectivity index (χ3v) is 3.50. The summed E-state index contributed by atoms with van der Waals surface area (Å²) >= 11 is 1.99. The van der Waals surface area contributed by atoms with Gasteiger partial charge in [-0.15, -0.1) is 5.92 Å². The molecule has 0 aliphatic heterocycles. The van der Waals surface area contributed by atoms with Crippen LogP contribution in [0.3, 0.4) is 0 Å². The summed E-state index contributed by atoms with van der Waals surface area (Å²) in [4.78, 5) is 0. The lowest BCUT2D eigenvalue weighted by atomic mass is 10.4. The first-order valence-electron chi connectivity index (χ1n) is 3.98. The molecule has 1 nitrogen and oxygen atoms in total. The highest BCUT2D eigenvalue weighted by Gasteiger charge is 2.41. The van der Waals surface area contributed by atoms with Crippen molar-refractivity contribution < 1.29 is 0 Å². The van der Waals surface area contributed by atoms with Gasteiger partial charge in [0.25, 0.3) is 0 Å². The normalized spacial score (nSPS) is 18.7. The summed E-state index contributed by atoms with van der Waals surface area (Å²) < 4.78 is 0.579. The molecule has 1 aliphatic carbocycles. The average Bonchev–Trinajstić information content (AvgIpc) is 2.80. The van der Waals surface area contributed by atoms with Crippen LogP contribution in [0.2, 0.25) is 0 Å². The number of hydrogen-bond acceptors (Lipinski definition) is 2. The molecule has 0 atom stereocenters. The molecule has 0 spiro atoms. The lowest BCUT2D eigenvalue weighted by molar-refractivity contribution is 0.720. The van der Waals surface area contributed by atoms with Gasteiger partial charge in [-0.2, -0.15) is 11.8 Å². The first-order valence-corrected chi connectivity index (χ1v) is 5.21. The summed E-state index contributed by atoms with van der Waals surface area (Å²) in [6, 6.07) is 0. The Labute approximate surface area is 73.3 Å². The summed E-state index contributed by atoms with van der Waals surface area (Å²) in [5.41, 5.74) is 0. The molecule has 0 aromatic heterocycles. The van der Waals surface area contributed by atoms with Crippen LogP contribution in [0.15, 0.2) is 0 Å². The van der Waals surface area contributed by atoms with Crippen molar-refractivity contribution in [3.8, 4) is 11.8 Å². The third kappa shape index (κ3) is 2.76. The van der Waals surface area contributed by atoms with Gasteiger partial charge in [-0.3, -0.25) is 0 Å². The predicted molar refractivity (Wildman–Crippen MR) is 51.8 cm³/mol. The summed E-state index contributed by atoms with van der Waals surface area (Å²) in [6.45, 7) is 3.85. The monoisotopic (exact) mass is 169 g/mol. The second kappa shape index (κ2) is 4.04. The van der Waals surface area contributed by atoms with Crippen molar-refractivity contribution in [2.24, 2.45) is 0 Å². The minimum atomic E-state index is 0.579. The van der Waals surface area contributed by atoms with Crippen molar-refractivity contribution in [3.05, 3.63) is 0 Å². The molecule has 0 unspecified atom stereocenters. The first kappa shape index (κ1) is 8.96. The fourth-order valence-electron chi connectivity index (χ4n) is 1.03. The van der Waals surface area contributed by atoms with Crippen molar-refractivity contribution >= 4 is 11.8 Å². The Hall–Kier alpha value is -0.130. The second-order valence-corrected chi connectivity index (χ2v) is 4.19. The van der Waals surface area contributed by atoms with Gasteiger partial charge in [0.2, 0.25) is 0 Å². The Balaban J connectivity index is 2.06. The smallest absolute Gasteiger partial charge is 0.0576 e. The Morgan fingerprint density at radius 2 is 2.27 bits per heavy atom. The van der Waals surface area contributed by atoms with Crippen molar-refractivity contribution in [3.63, 3.8) is 0 Å². The lowest BCUT2D eigenvalue weighted by Crippen LogP contribution is -2.26. The molecule has 1 N–H and O–H groups in total. The molecule has 1 aliphatic rings. The van der Waals surface area contributed by atoms with E-state index in [-0.39, 0.29) is 0 Å². The zero-order chi connectivity index (χ0) is 8.16. The molecule has 1 rings (SSSR count). The summed E-state index contributed by atoms with van der Waals surface area (Å²) in [5, 5.41) is 3.35. The molecule has 2 heteroatoms. The van der Waals surface area contributed by atoms with Crippen LogP contribution < -0.4 is 5.32 Å². The van der Waals surface area contributed by atoms with Crippen molar-refractivity contribution in [2.75, 3.05) is 19.3 Å². The average molecular weight is 169 g/mol. The van der Waals surface area contributed by atoms with E-state index in [1.165, 1.54) is 12.8 Å². The molecule has 0 radical (unpaired) electrons. The van der Waals surface area contributed by atoms with Crippen LogP contribution in [0.1, 0.15) is 19.8 Å². The van der Waals surface area contributed by atoms with E-state index >= 15 is 0 Å². The molecule has 0 aromatic carbocycles. The van der Waals surface area contributed by atoms with E-state index in [9.17, 15) is 0 Å². The topological polar surface area (TPSA) is 12.0 Å². The van der Waals surface area contributed by atoms with E-state index in [2.05, 4.69) is 23.4 Å². The van der Waals surface area contributed by atoms with E-state index in [0.29, 0.717) is 4.75 Å². The Morgan fingerprint density at radius 1 is 1.55 bits per heavy atom. The van der Waals surface area contributed by atoms with Gasteiger partial charge in [-0.25, -0.2) is 0 Å². The zero-order valence-corrected chi connectivity index (χ0v) is 8.05. The highest BCUT2D eigenvalue weighted by Crippen LogP contribution is 2.46. The molecular weight excluding hydrogens is 154 g/mol. The standard InChI is InChI=1S/C9H15NS/c1-3-4-7-10-8-9(11-2)5-6-9/h10H,5-8H2,1-2H3. The molecule has 11 heavy (non-hydrogen) atoms. The summed E-state index contributed by atoms with van der Waals surface area (Å²) in [6.07, 6.45) is 4.95. The van der Waals surface area contributed by atoms with Gasteiger partial charge in [-0.1, -0.05) is 5.92 Å². The SMILES string of the molecule is CC#CCNCC1(SC)CC1. The maximum Gasteiger partial charge on any atom is 0.0576 e. The van der Waals surface area contributed by atoms with Crippen molar-refractivity contribution in [2.45, 2.75) is 24.5 Å². The molecule has 1 fully saturated rings. The van der Waals surface area contributed by atoms with E-state index in [4.69, 9.17) is 0 Å². The van der Waals surface area contributed by atoms with Crippen LogP contribution in [-0.4, -0.2) is 24.1 Å². The van der Waals surface area contributed by atoms with Crippen LogP contribution in [-0.2, 0) is 0 Å². The van der Waals surface area contributed by atoms with E-state index in [0.717, 1.165) is 13.1 Å². The summed E-state index contributed by atoms with van der Waals surface area (Å²) in [5.74, 6) is 5.88. The maximum absolute atomic E-state index is 3.35. The number of hydrogen-bond donors (Lipinski definition) is 1. The van der Waals surface area contributed by atoms with Gasteiger partial charge in [0, 0.05) is 11.3 Å². The Kier molecular flexibility index (Phi) is 3.29. The molecular formula is C9H15NS. The molecule has 1 saturated carbocycles. The molecule has 62 valence electrons. The number of thioether (sulfide) groups is 1. The molecule has 0 amide bonds. The van der Waals surface area contributed by atoms with Crippen molar-refractivity contribution in [1.29, 1.82) is 0 Å². The first-order chi connectivity index (χ1) is 5.33. The minimum absolute atomic E-state index is 0.579. The van der Waals surface area contributed by atoms with Gasteiger partial charge in [0.15, 0.2) is 0 Å². The highest BCUT2D eigenvalue weighted by atomic mass is 32.2. The molecule has 0 saturated heterocycles. The fourth-order valence-corrected chi connectivity index (χ4v) is 1.79. The number of nitrogens with one attached hydrogen (secondary N) is 1. The number of rotatable bonds is 4. The highest BCUT2D eigenvalue weighted by molar-refractivity contribution is 8.00. The van der Waals surface area contributed by atoms with Crippen LogP contribution in [0.25, 0.3) is 0 Å². The summed E-state index contributed by atoms with van der Waals surface area (Å²) in [7, 11) is 0. The molecule has 0 bridgehead atoms. The molecule has 0 aromatic rings. The third-order valence-electron chi connectivity index (χ3n) is 2.08. The van der Waals surface area contributed by atoms with E-state index < -0.39 is 0 Å². The van der Waals surface area contributed by atoms with Crippen LogP contribution >= 0.6 is 11.8 Å². The van der Waals surface area contributed by atoms with Gasteiger partial charge in [-0.05, 0) is 26.0 Å². The quantitative estimate of drug-likeness (QED) is 0.505. The van der Waals surface area contributed by atoms with Crippen LogP contribution in [0.4, 0.5) is 0 Å². The van der Waals surface area contributed by atoms with Gasteiger partial charge >= 0.3 is 0 Å². The van der Waals surface area contributed by atoms with E-state index in [1.54, 1.807) is 0 Å². The van der Waals surface area contributed by atoms with Gasteiger partial charge < -0.3 is 5.32 Å². The largest absolute Gasteiger partial charge is 0.305 e. The van der Waals surface area contributed by atoms with Crippen molar-refractivity contribution in [1.82, 2.24) is 5.32 Å². The van der Waals surface area contributed by atoms with Crippen LogP contribution in [0.5, 0.6) is 0 Å². The Bertz CT molecular complexity index is 174. The maximum atomic E-state index is 3.35. The lowest BCUT2D eigenvalue weighted by Gasteiger charge is -2.10. The predicted octanol–water partition coefficient (Wildman–Crippen LogP) is 1.49.